The lowest BCUT2D eigenvalue weighted by atomic mass is 9.51. The highest BCUT2D eigenvalue weighted by molar-refractivity contribution is 6.15. The lowest BCUT2D eigenvalue weighted by molar-refractivity contribution is -0.304. The summed E-state index contributed by atoms with van der Waals surface area (Å²) in [6.45, 7) is 9.98. The molecule has 132 valence electrons. The Labute approximate surface area is 143 Å². The first-order valence-corrected chi connectivity index (χ1v) is 8.89. The molecule has 4 heteroatoms. The van der Waals surface area contributed by atoms with E-state index in [1.807, 2.05) is 26.0 Å². The molecular weight excluding hydrogens is 304 g/mol. The van der Waals surface area contributed by atoms with Crippen molar-refractivity contribution >= 4 is 11.6 Å². The molecule has 0 radical (unpaired) electrons. The Morgan fingerprint density at radius 2 is 1.88 bits per heavy atom. The first-order chi connectivity index (χ1) is 11.1. The number of allylic oxidation sites excluding steroid dienone is 3. The van der Waals surface area contributed by atoms with E-state index in [0.717, 1.165) is 12.0 Å². The van der Waals surface area contributed by atoms with E-state index in [4.69, 9.17) is 4.89 Å². The van der Waals surface area contributed by atoms with Crippen molar-refractivity contribution < 1.29 is 19.7 Å². The van der Waals surface area contributed by atoms with Crippen LogP contribution >= 0.6 is 0 Å². The third-order valence-corrected chi connectivity index (χ3v) is 6.80. The van der Waals surface area contributed by atoms with E-state index >= 15 is 0 Å². The van der Waals surface area contributed by atoms with Crippen molar-refractivity contribution in [3.05, 3.63) is 23.8 Å². The largest absolute Gasteiger partial charge is 0.299 e. The zero-order valence-corrected chi connectivity index (χ0v) is 15.3. The van der Waals surface area contributed by atoms with Crippen molar-refractivity contribution in [3.63, 3.8) is 0 Å². The highest BCUT2D eigenvalue weighted by atomic mass is 17.1. The number of hydrogen-bond donors (Lipinski definition) is 1. The van der Waals surface area contributed by atoms with Gasteiger partial charge in [-0.25, -0.2) is 4.89 Å². The summed E-state index contributed by atoms with van der Waals surface area (Å²) in [5, 5.41) is 9.28. The van der Waals surface area contributed by atoms with Gasteiger partial charge >= 0.3 is 0 Å². The van der Waals surface area contributed by atoms with Gasteiger partial charge in [-0.2, -0.15) is 0 Å². The number of fused-ring (bicyclic) bond motifs is 3. The SMILES string of the molecule is CC(C)C1=CC(=O)[C@@]2(C)C(=O)C[C@@]3(C)C=C[C@@](C)(OO)CC[C@@H]3[C@@H]12. The molecule has 0 aliphatic heterocycles. The van der Waals surface area contributed by atoms with E-state index in [0.29, 0.717) is 12.8 Å². The molecule has 0 aromatic rings. The average Bonchev–Trinajstić information content (AvgIpc) is 2.71. The number of carbonyl (C=O) groups excluding carboxylic acids is 2. The Morgan fingerprint density at radius 3 is 2.46 bits per heavy atom. The molecule has 0 bridgehead atoms. The molecular formula is C20H28O4. The van der Waals surface area contributed by atoms with Gasteiger partial charge in [-0.1, -0.05) is 38.5 Å². The third kappa shape index (κ3) is 2.26. The van der Waals surface area contributed by atoms with Crippen molar-refractivity contribution in [2.24, 2.45) is 28.6 Å². The van der Waals surface area contributed by atoms with Gasteiger partial charge < -0.3 is 0 Å². The maximum absolute atomic E-state index is 13.0. The van der Waals surface area contributed by atoms with E-state index in [9.17, 15) is 14.8 Å². The first kappa shape index (κ1) is 17.6. The maximum Gasteiger partial charge on any atom is 0.169 e. The van der Waals surface area contributed by atoms with Crippen LogP contribution < -0.4 is 0 Å². The summed E-state index contributed by atoms with van der Waals surface area (Å²) in [7, 11) is 0. The van der Waals surface area contributed by atoms with Gasteiger partial charge in [0.15, 0.2) is 5.78 Å². The number of carbonyl (C=O) groups is 2. The van der Waals surface area contributed by atoms with E-state index in [2.05, 4.69) is 20.8 Å². The number of Topliss-reactive ketones (excluding diaryl/α,β-unsaturated/α-hetero) is 1. The maximum atomic E-state index is 13.0. The summed E-state index contributed by atoms with van der Waals surface area (Å²) in [6.07, 6.45) is 7.51. The van der Waals surface area contributed by atoms with Crippen LogP contribution in [0.15, 0.2) is 23.8 Å². The summed E-state index contributed by atoms with van der Waals surface area (Å²) < 4.78 is 0. The van der Waals surface area contributed by atoms with Gasteiger partial charge in [0, 0.05) is 12.3 Å². The Balaban J connectivity index is 2.11. The molecule has 3 aliphatic carbocycles. The normalized spacial score (nSPS) is 45.0. The minimum absolute atomic E-state index is 0.0300. The molecule has 1 N–H and O–H groups in total. The van der Waals surface area contributed by atoms with Crippen LogP contribution in [0.3, 0.4) is 0 Å². The fourth-order valence-electron chi connectivity index (χ4n) is 5.04. The Bertz CT molecular complexity index is 646. The molecule has 24 heavy (non-hydrogen) atoms. The lowest BCUT2D eigenvalue weighted by Gasteiger charge is -2.50. The van der Waals surface area contributed by atoms with Crippen LogP contribution in [-0.4, -0.2) is 22.4 Å². The molecule has 5 atom stereocenters. The summed E-state index contributed by atoms with van der Waals surface area (Å²) in [4.78, 5) is 30.4. The summed E-state index contributed by atoms with van der Waals surface area (Å²) in [5.74, 6) is 0.387. The summed E-state index contributed by atoms with van der Waals surface area (Å²) in [6, 6.07) is 0. The Kier molecular flexibility index (Phi) is 3.93. The quantitative estimate of drug-likeness (QED) is 0.360. The standard InChI is InChI=1S/C20H28O4/c1-12(2)13-10-15(21)20(5)16(22)11-18(3)8-9-19(4,24-23)7-6-14(18)17(13)20/h8-10,12,14,17,23H,6-7,11H2,1-5H3/t14-,17-,18-,19+,20+/m1/s1. The zero-order valence-electron chi connectivity index (χ0n) is 15.3. The van der Waals surface area contributed by atoms with Crippen LogP contribution in [0, 0.1) is 28.6 Å². The van der Waals surface area contributed by atoms with E-state index in [1.54, 1.807) is 6.08 Å². The second-order valence-electron chi connectivity index (χ2n) is 8.83. The lowest BCUT2D eigenvalue weighted by Crippen LogP contribution is -2.53. The fraction of sp³-hybridized carbons (Fsp3) is 0.700. The molecule has 3 aliphatic rings. The Morgan fingerprint density at radius 1 is 1.21 bits per heavy atom. The minimum atomic E-state index is -0.918. The van der Waals surface area contributed by atoms with Crippen molar-refractivity contribution in [2.45, 2.75) is 59.5 Å². The molecule has 0 unspecified atom stereocenters. The second-order valence-corrected chi connectivity index (χ2v) is 8.83. The van der Waals surface area contributed by atoms with Crippen molar-refractivity contribution in [1.82, 2.24) is 0 Å². The third-order valence-electron chi connectivity index (χ3n) is 6.80. The number of rotatable bonds is 2. The molecule has 1 saturated carbocycles. The van der Waals surface area contributed by atoms with Gasteiger partial charge in [0.2, 0.25) is 0 Å². The van der Waals surface area contributed by atoms with Gasteiger partial charge in [0.1, 0.15) is 11.4 Å². The van der Waals surface area contributed by atoms with Crippen molar-refractivity contribution in [1.29, 1.82) is 0 Å². The van der Waals surface area contributed by atoms with E-state index in [-0.39, 0.29) is 34.7 Å². The van der Waals surface area contributed by atoms with Gasteiger partial charge in [-0.3, -0.25) is 14.8 Å². The molecule has 3 rings (SSSR count). The van der Waals surface area contributed by atoms with Gasteiger partial charge in [-0.05, 0) is 50.0 Å². The smallest absolute Gasteiger partial charge is 0.169 e. The second kappa shape index (κ2) is 5.37. The summed E-state index contributed by atoms with van der Waals surface area (Å²) in [5.41, 5.74) is -0.854. The van der Waals surface area contributed by atoms with Crippen LogP contribution in [0.2, 0.25) is 0 Å². The minimum Gasteiger partial charge on any atom is -0.299 e. The number of hydrogen-bond acceptors (Lipinski definition) is 4. The summed E-state index contributed by atoms with van der Waals surface area (Å²) >= 11 is 0. The molecule has 0 amide bonds. The highest BCUT2D eigenvalue weighted by Gasteiger charge is 2.62. The monoisotopic (exact) mass is 332 g/mol. The molecule has 0 spiro atoms. The van der Waals surface area contributed by atoms with Crippen LogP contribution in [-0.2, 0) is 14.5 Å². The topological polar surface area (TPSA) is 63.6 Å². The van der Waals surface area contributed by atoms with Crippen LogP contribution in [0.5, 0.6) is 0 Å². The van der Waals surface area contributed by atoms with E-state index in [1.165, 1.54) is 0 Å². The molecule has 0 heterocycles. The molecule has 0 aromatic carbocycles. The average molecular weight is 332 g/mol. The van der Waals surface area contributed by atoms with Crippen LogP contribution in [0.1, 0.15) is 53.9 Å². The predicted octanol–water partition coefficient (Wildman–Crippen LogP) is 3.97. The number of ketones is 2. The Hall–Kier alpha value is -1.26. The van der Waals surface area contributed by atoms with E-state index < -0.39 is 11.0 Å². The first-order valence-electron chi connectivity index (χ1n) is 8.89. The van der Waals surface area contributed by atoms with Crippen LogP contribution in [0.4, 0.5) is 0 Å². The van der Waals surface area contributed by atoms with Gasteiger partial charge in [-0.15, -0.1) is 0 Å². The molecule has 4 nitrogen and oxygen atoms in total. The van der Waals surface area contributed by atoms with Crippen LogP contribution in [0.25, 0.3) is 0 Å². The fourth-order valence-corrected chi connectivity index (χ4v) is 5.04. The van der Waals surface area contributed by atoms with Crippen molar-refractivity contribution in [3.8, 4) is 0 Å². The zero-order chi connectivity index (χ0) is 17.9. The molecule has 0 aromatic heterocycles. The molecule has 1 fully saturated rings. The van der Waals surface area contributed by atoms with Gasteiger partial charge in [0.05, 0.1) is 5.41 Å². The predicted molar refractivity (Wildman–Crippen MR) is 91.2 cm³/mol. The molecule has 0 saturated heterocycles. The highest BCUT2D eigenvalue weighted by Crippen LogP contribution is 2.61. The van der Waals surface area contributed by atoms with Gasteiger partial charge in [0.25, 0.3) is 0 Å². The van der Waals surface area contributed by atoms with Crippen molar-refractivity contribution in [2.75, 3.05) is 0 Å².